The smallest absolute Gasteiger partial charge is 0.232 e. The summed E-state index contributed by atoms with van der Waals surface area (Å²) in [6.07, 6.45) is 1.79. The van der Waals surface area contributed by atoms with Crippen molar-refractivity contribution in [1.29, 1.82) is 0 Å². The molecule has 158 valence electrons. The Bertz CT molecular complexity index is 1150. The molecule has 0 N–H and O–H groups in total. The van der Waals surface area contributed by atoms with Gasteiger partial charge < -0.3 is 14.2 Å². The zero-order chi connectivity index (χ0) is 21.4. The van der Waals surface area contributed by atoms with Gasteiger partial charge in [0.1, 0.15) is 24.0 Å². The van der Waals surface area contributed by atoms with Crippen molar-refractivity contribution in [1.82, 2.24) is 4.90 Å². The highest BCUT2D eigenvalue weighted by atomic mass is 32.1. The number of Topliss-reactive ketones (excluding diaryl/α,β-unsaturated/α-hetero) is 1. The first-order chi connectivity index (χ1) is 15.1. The zero-order valence-electron chi connectivity index (χ0n) is 17.5. The number of aryl methyl sites for hydroxylation is 1. The molecule has 0 amide bonds. The van der Waals surface area contributed by atoms with Gasteiger partial charge in [-0.1, -0.05) is 18.2 Å². The molecule has 2 aliphatic heterocycles. The topological polar surface area (TPSA) is 48.0 Å². The molecule has 0 unspecified atom stereocenters. The van der Waals surface area contributed by atoms with Crippen molar-refractivity contribution >= 4 is 23.2 Å². The molecule has 2 aliphatic rings. The zero-order valence-corrected chi connectivity index (χ0v) is 18.3. The molecule has 5 nitrogen and oxygen atoms in total. The third-order valence-corrected chi connectivity index (χ3v) is 6.30. The minimum Gasteiger partial charge on any atom is -0.494 e. The highest BCUT2D eigenvalue weighted by Crippen LogP contribution is 2.44. The Morgan fingerprint density at radius 2 is 2.06 bits per heavy atom. The fourth-order valence-electron chi connectivity index (χ4n) is 3.98. The standard InChI is InChI=1S/C25H23NO4S/c1-3-28-18-8-6-17(7-9-18)12-22-24(27)23-16(2)11-21-20(25(23)30-22)14-26(15-29-21)13-19-5-4-10-31-19/h4-12H,3,13-15H2,1-2H3/b22-12-. The monoisotopic (exact) mass is 433 g/mol. The molecule has 3 aromatic rings. The third kappa shape index (κ3) is 3.84. The number of rotatable bonds is 5. The number of hydrogen-bond donors (Lipinski definition) is 0. The number of fused-ring (bicyclic) bond motifs is 3. The Balaban J connectivity index is 1.43. The fourth-order valence-corrected chi connectivity index (χ4v) is 4.72. The quantitative estimate of drug-likeness (QED) is 0.503. The molecule has 0 aliphatic carbocycles. The summed E-state index contributed by atoms with van der Waals surface area (Å²) in [6, 6.07) is 13.8. The van der Waals surface area contributed by atoms with E-state index in [1.807, 2.05) is 44.2 Å². The van der Waals surface area contributed by atoms with Gasteiger partial charge in [0.2, 0.25) is 5.78 Å². The van der Waals surface area contributed by atoms with Crippen LogP contribution >= 0.6 is 11.3 Å². The average Bonchev–Trinajstić information content (AvgIpc) is 3.39. The summed E-state index contributed by atoms with van der Waals surface area (Å²) in [4.78, 5) is 16.6. The molecule has 0 spiro atoms. The van der Waals surface area contributed by atoms with Crippen LogP contribution in [-0.2, 0) is 13.1 Å². The molecule has 3 heterocycles. The number of ether oxygens (including phenoxy) is 3. The number of thiophene rings is 1. The second-order valence-electron chi connectivity index (χ2n) is 7.66. The van der Waals surface area contributed by atoms with Crippen molar-refractivity contribution in [3.63, 3.8) is 0 Å². The van der Waals surface area contributed by atoms with Crippen LogP contribution in [0.3, 0.4) is 0 Å². The Labute approximate surface area is 185 Å². The molecular formula is C25H23NO4S. The van der Waals surface area contributed by atoms with Gasteiger partial charge >= 0.3 is 0 Å². The van der Waals surface area contributed by atoms with Gasteiger partial charge in [0.25, 0.3) is 0 Å². The number of nitrogens with zero attached hydrogens (tertiary/aromatic N) is 1. The highest BCUT2D eigenvalue weighted by molar-refractivity contribution is 7.09. The van der Waals surface area contributed by atoms with Gasteiger partial charge in [-0.3, -0.25) is 9.69 Å². The highest BCUT2D eigenvalue weighted by Gasteiger charge is 2.35. The average molecular weight is 434 g/mol. The van der Waals surface area contributed by atoms with Gasteiger partial charge in [-0.25, -0.2) is 0 Å². The van der Waals surface area contributed by atoms with Gasteiger partial charge in [0.15, 0.2) is 5.76 Å². The van der Waals surface area contributed by atoms with Crippen molar-refractivity contribution in [2.75, 3.05) is 13.3 Å². The minimum absolute atomic E-state index is 0.0837. The lowest BCUT2D eigenvalue weighted by molar-refractivity contribution is 0.0881. The summed E-state index contributed by atoms with van der Waals surface area (Å²) in [5.41, 5.74) is 3.34. The molecule has 31 heavy (non-hydrogen) atoms. The maximum absolute atomic E-state index is 13.1. The normalized spacial score (nSPS) is 16.6. The van der Waals surface area contributed by atoms with E-state index in [-0.39, 0.29) is 5.78 Å². The Morgan fingerprint density at radius 1 is 1.23 bits per heavy atom. The van der Waals surface area contributed by atoms with E-state index < -0.39 is 0 Å². The van der Waals surface area contributed by atoms with Gasteiger partial charge in [0, 0.05) is 18.0 Å². The molecule has 1 aromatic heterocycles. The molecule has 0 saturated carbocycles. The van der Waals surface area contributed by atoms with Crippen LogP contribution in [0.2, 0.25) is 0 Å². The number of carbonyl (C=O) groups excluding carboxylic acids is 1. The van der Waals surface area contributed by atoms with Gasteiger partial charge in [0.05, 0.1) is 17.7 Å². The van der Waals surface area contributed by atoms with Crippen molar-refractivity contribution in [3.05, 3.63) is 80.7 Å². The number of hydrogen-bond acceptors (Lipinski definition) is 6. The predicted molar refractivity (Wildman–Crippen MR) is 121 cm³/mol. The van der Waals surface area contributed by atoms with E-state index in [4.69, 9.17) is 14.2 Å². The molecular weight excluding hydrogens is 410 g/mol. The second kappa shape index (κ2) is 8.21. The number of allylic oxidation sites excluding steroid dienone is 1. The summed E-state index contributed by atoms with van der Waals surface area (Å²) in [5, 5.41) is 2.08. The van der Waals surface area contributed by atoms with Crippen molar-refractivity contribution < 1.29 is 19.0 Å². The summed E-state index contributed by atoms with van der Waals surface area (Å²) in [5.74, 6) is 2.49. The molecule has 5 rings (SSSR count). The Morgan fingerprint density at radius 3 is 2.81 bits per heavy atom. The first kappa shape index (κ1) is 19.8. The SMILES string of the molecule is CCOc1ccc(/C=C2\Oc3c4c(cc(C)c3C2=O)OCN(Cc2cccs2)C4)cc1. The first-order valence-electron chi connectivity index (χ1n) is 10.3. The lowest BCUT2D eigenvalue weighted by Crippen LogP contribution is -2.31. The van der Waals surface area contributed by atoms with Crippen LogP contribution < -0.4 is 14.2 Å². The van der Waals surface area contributed by atoms with E-state index in [0.29, 0.717) is 37.0 Å². The van der Waals surface area contributed by atoms with Gasteiger partial charge in [-0.05, 0) is 60.7 Å². The van der Waals surface area contributed by atoms with Gasteiger partial charge in [-0.15, -0.1) is 11.3 Å². The summed E-state index contributed by atoms with van der Waals surface area (Å²) in [6.45, 7) is 6.51. The fraction of sp³-hybridized carbons (Fsp3) is 0.240. The number of carbonyl (C=O) groups is 1. The molecule has 0 radical (unpaired) electrons. The van der Waals surface area contributed by atoms with Crippen LogP contribution in [0.5, 0.6) is 17.2 Å². The molecule has 2 aromatic carbocycles. The molecule has 0 fully saturated rings. The van der Waals surface area contributed by atoms with Crippen LogP contribution in [0.15, 0.2) is 53.6 Å². The maximum Gasteiger partial charge on any atom is 0.232 e. The van der Waals surface area contributed by atoms with Crippen LogP contribution in [0, 0.1) is 6.92 Å². The number of ketones is 1. The minimum atomic E-state index is -0.0837. The summed E-state index contributed by atoms with van der Waals surface area (Å²) in [7, 11) is 0. The number of benzene rings is 2. The summed E-state index contributed by atoms with van der Waals surface area (Å²) >= 11 is 1.73. The lowest BCUT2D eigenvalue weighted by atomic mass is 9.98. The van der Waals surface area contributed by atoms with Crippen LogP contribution in [0.1, 0.15) is 38.8 Å². The molecule has 0 atom stereocenters. The largest absolute Gasteiger partial charge is 0.494 e. The lowest BCUT2D eigenvalue weighted by Gasteiger charge is -2.29. The molecule has 6 heteroatoms. The Hall–Kier alpha value is -3.09. The van der Waals surface area contributed by atoms with E-state index in [1.165, 1.54) is 4.88 Å². The first-order valence-corrected chi connectivity index (χ1v) is 11.2. The van der Waals surface area contributed by atoms with E-state index in [1.54, 1.807) is 17.4 Å². The van der Waals surface area contributed by atoms with Crippen LogP contribution in [0.4, 0.5) is 0 Å². The van der Waals surface area contributed by atoms with Crippen LogP contribution in [0.25, 0.3) is 6.08 Å². The van der Waals surface area contributed by atoms with Crippen molar-refractivity contribution in [2.45, 2.75) is 26.9 Å². The maximum atomic E-state index is 13.1. The molecule has 0 saturated heterocycles. The van der Waals surface area contributed by atoms with Crippen molar-refractivity contribution in [2.24, 2.45) is 0 Å². The second-order valence-corrected chi connectivity index (χ2v) is 8.69. The van der Waals surface area contributed by atoms with Crippen molar-refractivity contribution in [3.8, 4) is 17.2 Å². The van der Waals surface area contributed by atoms with E-state index in [9.17, 15) is 4.79 Å². The van der Waals surface area contributed by atoms with Crippen LogP contribution in [-0.4, -0.2) is 24.0 Å². The Kier molecular flexibility index (Phi) is 5.26. The van der Waals surface area contributed by atoms with E-state index in [0.717, 1.165) is 34.7 Å². The van der Waals surface area contributed by atoms with E-state index in [2.05, 4.69) is 22.4 Å². The van der Waals surface area contributed by atoms with Gasteiger partial charge in [-0.2, -0.15) is 0 Å². The third-order valence-electron chi connectivity index (χ3n) is 5.44. The predicted octanol–water partition coefficient (Wildman–Crippen LogP) is 5.42. The summed E-state index contributed by atoms with van der Waals surface area (Å²) < 4.78 is 17.7. The molecule has 0 bridgehead atoms. The van der Waals surface area contributed by atoms with E-state index >= 15 is 0 Å².